The number of nitrogens with zero attached hydrogens (tertiary/aromatic N) is 1. The molecule has 1 amide bonds. The maximum absolute atomic E-state index is 13.0. The quantitative estimate of drug-likeness (QED) is 0.908. The Bertz CT molecular complexity index is 571. The van der Waals surface area contributed by atoms with E-state index in [-0.39, 0.29) is 23.2 Å². The number of carbonyl (C=O) groups excluding carboxylic acids is 1. The lowest BCUT2D eigenvalue weighted by Crippen LogP contribution is -2.37. The highest BCUT2D eigenvalue weighted by Crippen LogP contribution is 2.39. The number of hydrogen-bond donors (Lipinski definition) is 1. The van der Waals surface area contributed by atoms with Gasteiger partial charge in [0.25, 0.3) is 5.91 Å². The van der Waals surface area contributed by atoms with E-state index >= 15 is 0 Å². The number of fused-ring (bicyclic) bond motifs is 2. The predicted octanol–water partition coefficient (Wildman–Crippen LogP) is 3.37. The third-order valence-electron chi connectivity index (χ3n) is 4.51. The fraction of sp³-hybridized carbons (Fsp3) is 0.533. The lowest BCUT2D eigenvalue weighted by molar-refractivity contribution is -0.136. The highest BCUT2D eigenvalue weighted by Gasteiger charge is 2.41. The zero-order valence-electron chi connectivity index (χ0n) is 11.7. The first-order chi connectivity index (χ1) is 9.90. The molecule has 2 unspecified atom stereocenters. The minimum absolute atomic E-state index is 0.0120. The highest BCUT2D eigenvalue weighted by molar-refractivity contribution is 5.95. The average molecular weight is 298 g/mol. The molecule has 21 heavy (non-hydrogen) atoms. The summed E-state index contributed by atoms with van der Waals surface area (Å²) in [7, 11) is 1.44. The summed E-state index contributed by atoms with van der Waals surface area (Å²) in [6, 6.07) is 3.96. The fourth-order valence-corrected chi connectivity index (χ4v) is 3.47. The van der Waals surface area contributed by atoms with E-state index in [1.807, 2.05) is 0 Å². The van der Waals surface area contributed by atoms with Gasteiger partial charge in [-0.3, -0.25) is 4.79 Å². The van der Waals surface area contributed by atoms with E-state index in [0.717, 1.165) is 25.3 Å². The number of hydrogen-bond acceptors (Lipinski definition) is 2. The molecule has 1 heterocycles. The number of alkyl halides is 3. The molecule has 0 radical (unpaired) electrons. The van der Waals surface area contributed by atoms with Crippen LogP contribution in [-0.2, 0) is 6.18 Å². The molecule has 3 rings (SSSR count). The van der Waals surface area contributed by atoms with E-state index in [4.69, 9.17) is 0 Å². The van der Waals surface area contributed by atoms with Gasteiger partial charge >= 0.3 is 6.18 Å². The zero-order valence-corrected chi connectivity index (χ0v) is 11.7. The van der Waals surface area contributed by atoms with Gasteiger partial charge in [-0.1, -0.05) is 0 Å². The number of anilines is 1. The Labute approximate surface area is 121 Å². The maximum atomic E-state index is 13.0. The number of nitrogens with one attached hydrogen (secondary N) is 1. The van der Waals surface area contributed by atoms with Crippen molar-refractivity contribution in [3.8, 4) is 0 Å². The van der Waals surface area contributed by atoms with Crippen molar-refractivity contribution in [2.45, 2.75) is 31.5 Å². The second-order valence-corrected chi connectivity index (χ2v) is 5.80. The van der Waals surface area contributed by atoms with E-state index in [2.05, 4.69) is 5.32 Å². The summed E-state index contributed by atoms with van der Waals surface area (Å²) >= 11 is 0. The second-order valence-electron chi connectivity index (χ2n) is 5.80. The monoisotopic (exact) mass is 298 g/mol. The van der Waals surface area contributed by atoms with Crippen molar-refractivity contribution in [2.24, 2.45) is 5.92 Å². The topological polar surface area (TPSA) is 32.3 Å². The number of halogens is 3. The number of carbonyl (C=O) groups is 1. The van der Waals surface area contributed by atoms with Crippen molar-refractivity contribution in [1.82, 2.24) is 4.90 Å². The zero-order chi connectivity index (χ0) is 15.2. The maximum Gasteiger partial charge on any atom is 0.418 e. The fourth-order valence-electron chi connectivity index (χ4n) is 3.47. The average Bonchev–Trinajstić information content (AvgIpc) is 3.07. The first-order valence-electron chi connectivity index (χ1n) is 7.10. The van der Waals surface area contributed by atoms with E-state index < -0.39 is 11.7 Å². The molecule has 2 bridgehead atoms. The van der Waals surface area contributed by atoms with Gasteiger partial charge in [0, 0.05) is 30.9 Å². The van der Waals surface area contributed by atoms with E-state index in [0.29, 0.717) is 12.5 Å². The number of rotatable bonds is 2. The molecule has 1 N–H and O–H groups in total. The summed E-state index contributed by atoms with van der Waals surface area (Å²) in [5, 5.41) is 2.52. The van der Waals surface area contributed by atoms with Crippen LogP contribution in [-0.4, -0.2) is 30.4 Å². The Balaban J connectivity index is 1.90. The van der Waals surface area contributed by atoms with Crippen molar-refractivity contribution in [3.63, 3.8) is 0 Å². The third-order valence-corrected chi connectivity index (χ3v) is 4.51. The predicted molar refractivity (Wildman–Crippen MR) is 73.2 cm³/mol. The largest absolute Gasteiger partial charge is 0.418 e. The van der Waals surface area contributed by atoms with Crippen molar-refractivity contribution in [3.05, 3.63) is 29.3 Å². The molecule has 114 valence electrons. The SMILES string of the molecule is CNc1ccc(C(=O)N2CC3CCC2C3)cc1C(F)(F)F. The van der Waals surface area contributed by atoms with Crippen molar-refractivity contribution < 1.29 is 18.0 Å². The van der Waals surface area contributed by atoms with Crippen molar-refractivity contribution >= 4 is 11.6 Å². The molecule has 3 nitrogen and oxygen atoms in total. The summed E-state index contributed by atoms with van der Waals surface area (Å²) < 4.78 is 39.1. The van der Waals surface area contributed by atoms with Gasteiger partial charge in [-0.25, -0.2) is 0 Å². The summed E-state index contributed by atoms with van der Waals surface area (Å²) in [6.07, 6.45) is -1.39. The van der Waals surface area contributed by atoms with Crippen LogP contribution in [0.25, 0.3) is 0 Å². The third kappa shape index (κ3) is 2.47. The molecule has 0 spiro atoms. The van der Waals surface area contributed by atoms with E-state index in [9.17, 15) is 18.0 Å². The molecule has 2 fully saturated rings. The number of benzene rings is 1. The molecule has 1 aliphatic heterocycles. The van der Waals surface area contributed by atoms with E-state index in [1.54, 1.807) is 4.90 Å². The summed E-state index contributed by atoms with van der Waals surface area (Å²) in [6.45, 7) is 0.679. The Morgan fingerprint density at radius 2 is 2.10 bits per heavy atom. The Morgan fingerprint density at radius 1 is 1.33 bits per heavy atom. The summed E-state index contributed by atoms with van der Waals surface area (Å²) in [5.41, 5.74) is -0.684. The van der Waals surface area contributed by atoms with Crippen LogP contribution in [0.5, 0.6) is 0 Å². The van der Waals surface area contributed by atoms with Crippen LogP contribution in [0, 0.1) is 5.92 Å². The standard InChI is InChI=1S/C15H17F3N2O/c1-19-13-5-3-10(7-12(13)15(16,17)18)14(21)20-8-9-2-4-11(20)6-9/h3,5,7,9,11,19H,2,4,6,8H2,1H3. The number of likely N-dealkylation sites (tertiary alicyclic amines) is 1. The molecule has 1 aromatic carbocycles. The van der Waals surface area contributed by atoms with Crippen LogP contribution >= 0.6 is 0 Å². The Kier molecular flexibility index (Phi) is 3.34. The van der Waals surface area contributed by atoms with Gasteiger partial charge in [0.15, 0.2) is 0 Å². The first kappa shape index (κ1) is 14.2. The van der Waals surface area contributed by atoms with Gasteiger partial charge < -0.3 is 10.2 Å². The molecule has 6 heteroatoms. The minimum atomic E-state index is -4.47. The van der Waals surface area contributed by atoms with E-state index in [1.165, 1.54) is 19.2 Å². The Morgan fingerprint density at radius 3 is 2.62 bits per heavy atom. The molecule has 1 aliphatic carbocycles. The summed E-state index contributed by atoms with van der Waals surface area (Å²) in [4.78, 5) is 14.2. The van der Waals surface area contributed by atoms with Crippen LogP contribution in [0.1, 0.15) is 35.2 Å². The molecule has 1 aromatic rings. The van der Waals surface area contributed by atoms with Gasteiger partial charge in [0.2, 0.25) is 0 Å². The minimum Gasteiger partial charge on any atom is -0.388 e. The number of piperidine rings is 1. The molecule has 2 atom stereocenters. The lowest BCUT2D eigenvalue weighted by atomic mass is 10.0. The Hall–Kier alpha value is -1.72. The van der Waals surface area contributed by atoms with Gasteiger partial charge in [0.05, 0.1) is 5.56 Å². The molecule has 0 aromatic heterocycles. The van der Waals surface area contributed by atoms with Gasteiger partial charge in [0.1, 0.15) is 0 Å². The smallest absolute Gasteiger partial charge is 0.388 e. The van der Waals surface area contributed by atoms with Crippen LogP contribution in [0.15, 0.2) is 18.2 Å². The first-order valence-corrected chi connectivity index (χ1v) is 7.10. The van der Waals surface area contributed by atoms with Crippen molar-refractivity contribution in [1.29, 1.82) is 0 Å². The van der Waals surface area contributed by atoms with Crippen LogP contribution in [0.3, 0.4) is 0 Å². The van der Waals surface area contributed by atoms with Crippen LogP contribution in [0.2, 0.25) is 0 Å². The van der Waals surface area contributed by atoms with Gasteiger partial charge in [-0.15, -0.1) is 0 Å². The molecular weight excluding hydrogens is 281 g/mol. The van der Waals surface area contributed by atoms with Gasteiger partial charge in [-0.05, 0) is 43.4 Å². The normalized spacial score (nSPS) is 24.5. The molecule has 1 saturated carbocycles. The van der Waals surface area contributed by atoms with Crippen molar-refractivity contribution in [2.75, 3.05) is 18.9 Å². The second kappa shape index (κ2) is 4.93. The molecule has 1 saturated heterocycles. The number of amides is 1. The lowest BCUT2D eigenvalue weighted by Gasteiger charge is -2.27. The molecule has 2 aliphatic rings. The van der Waals surface area contributed by atoms with Crippen LogP contribution in [0.4, 0.5) is 18.9 Å². The van der Waals surface area contributed by atoms with Crippen LogP contribution < -0.4 is 5.32 Å². The van der Waals surface area contributed by atoms with Gasteiger partial charge in [-0.2, -0.15) is 13.2 Å². The molecular formula is C15H17F3N2O. The summed E-state index contributed by atoms with van der Waals surface area (Å²) in [5.74, 6) is 0.243. The highest BCUT2D eigenvalue weighted by atomic mass is 19.4.